The van der Waals surface area contributed by atoms with E-state index in [1.807, 2.05) is 5.38 Å². The molecule has 1 aromatic heterocycles. The lowest BCUT2D eigenvalue weighted by molar-refractivity contribution is 0.0952. The number of carbonyl (C=O) groups is 1. The van der Waals surface area contributed by atoms with Gasteiger partial charge < -0.3 is 5.32 Å². The summed E-state index contributed by atoms with van der Waals surface area (Å²) in [5, 5.41) is 5.21. The van der Waals surface area contributed by atoms with Crippen molar-refractivity contribution in [1.82, 2.24) is 10.3 Å². The molecule has 4 heteroatoms. The van der Waals surface area contributed by atoms with Crippen LogP contribution in [0, 0.1) is 5.92 Å². The molecule has 1 N–H and O–H groups in total. The maximum Gasteiger partial charge on any atom is 0.280 e. The highest BCUT2D eigenvalue weighted by molar-refractivity contribution is 7.11. The van der Waals surface area contributed by atoms with Crippen molar-refractivity contribution in [2.24, 2.45) is 5.92 Å². The number of nitrogens with one attached hydrogen (secondary N) is 1. The fourth-order valence-corrected chi connectivity index (χ4v) is 1.67. The fourth-order valence-electron chi connectivity index (χ4n) is 1.12. The Kier molecular flexibility index (Phi) is 4.59. The number of hydrogen-bond acceptors (Lipinski definition) is 3. The standard InChI is InChI=1S/C10H16N2OS/c1-8(2)4-3-5-11-9(13)10-12-6-7-14-10/h6-8H,3-5H2,1-2H3,(H,11,13). The minimum Gasteiger partial charge on any atom is -0.350 e. The Morgan fingerprint density at radius 3 is 3.00 bits per heavy atom. The van der Waals surface area contributed by atoms with Crippen molar-refractivity contribution in [2.75, 3.05) is 6.54 Å². The van der Waals surface area contributed by atoms with Crippen LogP contribution in [0.5, 0.6) is 0 Å². The molecule has 78 valence electrons. The average molecular weight is 212 g/mol. The first-order chi connectivity index (χ1) is 6.70. The van der Waals surface area contributed by atoms with Gasteiger partial charge >= 0.3 is 0 Å². The van der Waals surface area contributed by atoms with Crippen molar-refractivity contribution < 1.29 is 4.79 Å². The zero-order valence-corrected chi connectivity index (χ0v) is 9.43. The summed E-state index contributed by atoms with van der Waals surface area (Å²) in [6, 6.07) is 0. The maximum atomic E-state index is 11.4. The van der Waals surface area contributed by atoms with E-state index in [2.05, 4.69) is 24.1 Å². The number of aromatic nitrogens is 1. The third-order valence-corrected chi connectivity index (χ3v) is 2.64. The number of rotatable bonds is 5. The molecule has 1 aromatic rings. The van der Waals surface area contributed by atoms with Gasteiger partial charge in [-0.1, -0.05) is 13.8 Å². The van der Waals surface area contributed by atoms with Crippen molar-refractivity contribution in [2.45, 2.75) is 26.7 Å². The van der Waals surface area contributed by atoms with Crippen LogP contribution in [0.2, 0.25) is 0 Å². The first-order valence-electron chi connectivity index (χ1n) is 4.88. The first kappa shape index (κ1) is 11.2. The molecule has 0 radical (unpaired) electrons. The van der Waals surface area contributed by atoms with Crippen molar-refractivity contribution in [3.63, 3.8) is 0 Å². The minimum atomic E-state index is -0.0521. The molecule has 0 fully saturated rings. The summed E-state index contributed by atoms with van der Waals surface area (Å²) < 4.78 is 0. The van der Waals surface area contributed by atoms with E-state index in [1.165, 1.54) is 11.3 Å². The topological polar surface area (TPSA) is 42.0 Å². The Hall–Kier alpha value is -0.900. The number of amides is 1. The Morgan fingerprint density at radius 2 is 2.43 bits per heavy atom. The molecule has 0 aromatic carbocycles. The molecule has 0 saturated carbocycles. The largest absolute Gasteiger partial charge is 0.350 e. The summed E-state index contributed by atoms with van der Waals surface area (Å²) in [5.41, 5.74) is 0. The van der Waals surface area contributed by atoms with Crippen LogP contribution in [-0.4, -0.2) is 17.4 Å². The van der Waals surface area contributed by atoms with Crippen LogP contribution in [0.1, 0.15) is 36.5 Å². The highest BCUT2D eigenvalue weighted by atomic mass is 32.1. The summed E-state index contributed by atoms with van der Waals surface area (Å²) in [4.78, 5) is 15.3. The molecule has 1 amide bonds. The van der Waals surface area contributed by atoms with Gasteiger partial charge in [-0.3, -0.25) is 4.79 Å². The Bertz CT molecular complexity index is 270. The van der Waals surface area contributed by atoms with E-state index in [4.69, 9.17) is 0 Å². The van der Waals surface area contributed by atoms with Gasteiger partial charge in [-0.2, -0.15) is 0 Å². The van der Waals surface area contributed by atoms with Crippen molar-refractivity contribution in [1.29, 1.82) is 0 Å². The average Bonchev–Trinajstić information content (AvgIpc) is 2.64. The van der Waals surface area contributed by atoms with E-state index in [-0.39, 0.29) is 5.91 Å². The number of hydrogen-bond donors (Lipinski definition) is 1. The predicted molar refractivity (Wildman–Crippen MR) is 58.5 cm³/mol. The number of carbonyl (C=O) groups excluding carboxylic acids is 1. The molecule has 1 rings (SSSR count). The zero-order chi connectivity index (χ0) is 10.4. The Labute approximate surface area is 88.6 Å². The molecule has 0 aliphatic carbocycles. The molecule has 1 heterocycles. The Morgan fingerprint density at radius 1 is 1.64 bits per heavy atom. The van der Waals surface area contributed by atoms with Gasteiger partial charge in [0.2, 0.25) is 0 Å². The van der Waals surface area contributed by atoms with Crippen LogP contribution in [0.25, 0.3) is 0 Å². The highest BCUT2D eigenvalue weighted by Crippen LogP contribution is 2.04. The summed E-state index contributed by atoms with van der Waals surface area (Å²) >= 11 is 1.37. The van der Waals surface area contributed by atoms with Crippen molar-refractivity contribution >= 4 is 17.2 Å². The van der Waals surface area contributed by atoms with Crippen LogP contribution in [0.3, 0.4) is 0 Å². The fraction of sp³-hybridized carbons (Fsp3) is 0.600. The van der Waals surface area contributed by atoms with Crippen LogP contribution in [0.15, 0.2) is 11.6 Å². The van der Waals surface area contributed by atoms with Gasteiger partial charge in [0, 0.05) is 18.1 Å². The van der Waals surface area contributed by atoms with Gasteiger partial charge in [0.25, 0.3) is 5.91 Å². The maximum absolute atomic E-state index is 11.4. The summed E-state index contributed by atoms with van der Waals surface area (Å²) in [5.74, 6) is 0.649. The van der Waals surface area contributed by atoms with E-state index in [9.17, 15) is 4.79 Å². The molecule has 0 spiro atoms. The molecule has 14 heavy (non-hydrogen) atoms. The third kappa shape index (κ3) is 3.87. The molecule has 0 bridgehead atoms. The van der Waals surface area contributed by atoms with Crippen LogP contribution in [0.4, 0.5) is 0 Å². The lowest BCUT2D eigenvalue weighted by atomic mass is 10.1. The molecule has 0 aliphatic rings. The van der Waals surface area contributed by atoms with Gasteiger partial charge in [-0.15, -0.1) is 11.3 Å². The lowest BCUT2D eigenvalue weighted by Crippen LogP contribution is -2.24. The smallest absolute Gasteiger partial charge is 0.280 e. The van der Waals surface area contributed by atoms with E-state index in [1.54, 1.807) is 6.20 Å². The monoisotopic (exact) mass is 212 g/mol. The predicted octanol–water partition coefficient (Wildman–Crippen LogP) is 2.31. The molecule has 0 aliphatic heterocycles. The molecule has 0 atom stereocenters. The second kappa shape index (κ2) is 5.75. The molecule has 3 nitrogen and oxygen atoms in total. The van der Waals surface area contributed by atoms with E-state index in [0.717, 1.165) is 19.4 Å². The summed E-state index contributed by atoms with van der Waals surface area (Å²) in [6.45, 7) is 5.11. The van der Waals surface area contributed by atoms with Gasteiger partial charge in [-0.25, -0.2) is 4.98 Å². The van der Waals surface area contributed by atoms with Crippen LogP contribution >= 0.6 is 11.3 Å². The molecular weight excluding hydrogens is 196 g/mol. The molecule has 0 saturated heterocycles. The SMILES string of the molecule is CC(C)CCCNC(=O)c1nccs1. The van der Waals surface area contributed by atoms with E-state index in [0.29, 0.717) is 10.9 Å². The van der Waals surface area contributed by atoms with Crippen LogP contribution in [-0.2, 0) is 0 Å². The van der Waals surface area contributed by atoms with Crippen molar-refractivity contribution in [3.05, 3.63) is 16.6 Å². The lowest BCUT2D eigenvalue weighted by Gasteiger charge is -2.04. The minimum absolute atomic E-state index is 0.0521. The third-order valence-electron chi connectivity index (χ3n) is 1.87. The van der Waals surface area contributed by atoms with Crippen LogP contribution < -0.4 is 5.32 Å². The van der Waals surface area contributed by atoms with E-state index >= 15 is 0 Å². The second-order valence-electron chi connectivity index (χ2n) is 3.63. The number of thiazole rings is 1. The van der Waals surface area contributed by atoms with Gasteiger partial charge in [0.1, 0.15) is 0 Å². The Balaban J connectivity index is 2.16. The quantitative estimate of drug-likeness (QED) is 0.761. The summed E-state index contributed by atoms with van der Waals surface area (Å²) in [6.07, 6.45) is 3.83. The molecular formula is C10H16N2OS. The zero-order valence-electron chi connectivity index (χ0n) is 8.62. The van der Waals surface area contributed by atoms with Gasteiger partial charge in [-0.05, 0) is 18.8 Å². The highest BCUT2D eigenvalue weighted by Gasteiger charge is 2.06. The molecule has 0 unspecified atom stereocenters. The number of nitrogens with zero attached hydrogens (tertiary/aromatic N) is 1. The summed E-state index contributed by atoms with van der Waals surface area (Å²) in [7, 11) is 0. The van der Waals surface area contributed by atoms with Gasteiger partial charge in [0.15, 0.2) is 5.01 Å². The normalized spacial score (nSPS) is 10.5. The first-order valence-corrected chi connectivity index (χ1v) is 5.76. The van der Waals surface area contributed by atoms with E-state index < -0.39 is 0 Å². The van der Waals surface area contributed by atoms with Crippen molar-refractivity contribution in [3.8, 4) is 0 Å². The second-order valence-corrected chi connectivity index (χ2v) is 4.52. The van der Waals surface area contributed by atoms with Gasteiger partial charge in [0.05, 0.1) is 0 Å².